The van der Waals surface area contributed by atoms with Gasteiger partial charge in [-0.1, -0.05) is 12.8 Å². The molecule has 1 aliphatic carbocycles. The van der Waals surface area contributed by atoms with Crippen LogP contribution in [0.4, 0.5) is 5.69 Å². The van der Waals surface area contributed by atoms with Crippen molar-refractivity contribution in [2.75, 3.05) is 11.9 Å². The van der Waals surface area contributed by atoms with E-state index in [0.717, 1.165) is 25.7 Å². The molecule has 1 N–H and O–H groups in total. The Morgan fingerprint density at radius 2 is 1.93 bits per heavy atom. The van der Waals surface area contributed by atoms with Crippen molar-refractivity contribution in [2.45, 2.75) is 51.2 Å². The highest BCUT2D eigenvalue weighted by Crippen LogP contribution is 2.30. The van der Waals surface area contributed by atoms with Gasteiger partial charge in [-0.25, -0.2) is 0 Å². The number of nitriles is 1. The molecule has 3 rings (SSSR count). The van der Waals surface area contributed by atoms with Crippen LogP contribution in [0.15, 0.2) is 24.3 Å². The van der Waals surface area contributed by atoms with Crippen LogP contribution in [-0.2, 0) is 19.1 Å². The number of carbonyl (C=O) groups excluding carboxylic acids is 3. The standard InChI is InChI=1S/C20H23N3O4/c1-13(19(25)22-16-8-6-14(11-21)7-9-16)27-20(26)15-10-18(24)23(12-15)17-4-2-3-5-17/h6-9,13,15,17H,2-5,10,12H2,1H3,(H,22,25)/t13-,15+/m1/s1. The molecule has 1 heterocycles. The normalized spacial score (nSPS) is 21.0. The van der Waals surface area contributed by atoms with E-state index in [1.807, 2.05) is 6.07 Å². The fraction of sp³-hybridized carbons (Fsp3) is 0.500. The number of likely N-dealkylation sites (tertiary alicyclic amines) is 1. The fourth-order valence-corrected chi connectivity index (χ4v) is 3.65. The fourth-order valence-electron chi connectivity index (χ4n) is 3.65. The second-order valence-corrected chi connectivity index (χ2v) is 7.14. The number of ether oxygens (including phenoxy) is 1. The van der Waals surface area contributed by atoms with Crippen LogP contribution in [0.25, 0.3) is 0 Å². The third-order valence-corrected chi connectivity index (χ3v) is 5.20. The van der Waals surface area contributed by atoms with E-state index in [0.29, 0.717) is 17.8 Å². The largest absolute Gasteiger partial charge is 0.452 e. The van der Waals surface area contributed by atoms with Gasteiger partial charge >= 0.3 is 5.97 Å². The first kappa shape index (κ1) is 18.9. The summed E-state index contributed by atoms with van der Waals surface area (Å²) in [4.78, 5) is 38.6. The maximum Gasteiger partial charge on any atom is 0.312 e. The molecule has 2 fully saturated rings. The zero-order valence-electron chi connectivity index (χ0n) is 15.3. The highest BCUT2D eigenvalue weighted by Gasteiger charge is 2.40. The van der Waals surface area contributed by atoms with E-state index in [2.05, 4.69) is 5.32 Å². The molecule has 1 aliphatic heterocycles. The Hall–Kier alpha value is -2.88. The first-order chi connectivity index (χ1) is 13.0. The second-order valence-electron chi connectivity index (χ2n) is 7.14. The molecule has 0 radical (unpaired) electrons. The van der Waals surface area contributed by atoms with E-state index in [-0.39, 0.29) is 18.4 Å². The molecule has 2 aliphatic rings. The van der Waals surface area contributed by atoms with Crippen LogP contribution in [0.1, 0.15) is 44.6 Å². The van der Waals surface area contributed by atoms with Crippen LogP contribution in [-0.4, -0.2) is 41.4 Å². The number of benzene rings is 1. The number of nitrogens with zero attached hydrogens (tertiary/aromatic N) is 2. The molecule has 1 saturated heterocycles. The quantitative estimate of drug-likeness (QED) is 0.802. The second kappa shape index (κ2) is 8.21. The summed E-state index contributed by atoms with van der Waals surface area (Å²) >= 11 is 0. The summed E-state index contributed by atoms with van der Waals surface area (Å²) in [6, 6.07) is 8.65. The molecule has 7 nitrogen and oxygen atoms in total. The van der Waals surface area contributed by atoms with E-state index in [1.54, 1.807) is 29.2 Å². The molecular formula is C20H23N3O4. The van der Waals surface area contributed by atoms with E-state index in [4.69, 9.17) is 10.00 Å². The topological polar surface area (TPSA) is 99.5 Å². The van der Waals surface area contributed by atoms with Crippen LogP contribution in [0, 0.1) is 17.2 Å². The third-order valence-electron chi connectivity index (χ3n) is 5.20. The van der Waals surface area contributed by atoms with Gasteiger partial charge in [-0.05, 0) is 44.0 Å². The van der Waals surface area contributed by atoms with Gasteiger partial charge in [0.2, 0.25) is 5.91 Å². The average Bonchev–Trinajstić information content (AvgIpc) is 3.31. The van der Waals surface area contributed by atoms with Crippen LogP contribution < -0.4 is 5.32 Å². The van der Waals surface area contributed by atoms with Gasteiger partial charge in [-0.15, -0.1) is 0 Å². The summed E-state index contributed by atoms with van der Waals surface area (Å²) in [5, 5.41) is 11.4. The Morgan fingerprint density at radius 1 is 1.26 bits per heavy atom. The van der Waals surface area contributed by atoms with Crippen LogP contribution in [0.5, 0.6) is 0 Å². The van der Waals surface area contributed by atoms with E-state index in [1.165, 1.54) is 6.92 Å². The Bertz CT molecular complexity index is 762. The molecule has 0 bridgehead atoms. The number of hydrogen-bond acceptors (Lipinski definition) is 5. The average molecular weight is 369 g/mol. The maximum atomic E-state index is 12.4. The lowest BCUT2D eigenvalue weighted by Crippen LogP contribution is -2.36. The summed E-state index contributed by atoms with van der Waals surface area (Å²) in [5.74, 6) is -1.47. The number of rotatable bonds is 5. The van der Waals surface area contributed by atoms with E-state index < -0.39 is 23.9 Å². The van der Waals surface area contributed by atoms with Crippen molar-refractivity contribution in [2.24, 2.45) is 5.92 Å². The van der Waals surface area contributed by atoms with Crippen molar-refractivity contribution in [1.82, 2.24) is 4.90 Å². The molecular weight excluding hydrogens is 346 g/mol. The maximum absolute atomic E-state index is 12.4. The minimum absolute atomic E-state index is 0.00135. The lowest BCUT2D eigenvalue weighted by molar-refractivity contribution is -0.157. The van der Waals surface area contributed by atoms with Crippen LogP contribution >= 0.6 is 0 Å². The molecule has 0 aromatic heterocycles. The molecule has 1 aromatic rings. The van der Waals surface area contributed by atoms with Gasteiger partial charge in [0.1, 0.15) is 0 Å². The lowest BCUT2D eigenvalue weighted by atomic mass is 10.1. The van der Waals surface area contributed by atoms with Gasteiger partial charge in [0.15, 0.2) is 6.10 Å². The number of nitrogens with one attached hydrogen (secondary N) is 1. The summed E-state index contributed by atoms with van der Waals surface area (Å²) in [5.41, 5.74) is 1.01. The van der Waals surface area contributed by atoms with E-state index in [9.17, 15) is 14.4 Å². The summed E-state index contributed by atoms with van der Waals surface area (Å²) < 4.78 is 5.29. The zero-order chi connectivity index (χ0) is 19.4. The van der Waals surface area contributed by atoms with Crippen LogP contribution in [0.2, 0.25) is 0 Å². The van der Waals surface area contributed by atoms with Gasteiger partial charge in [0.05, 0.1) is 17.6 Å². The monoisotopic (exact) mass is 369 g/mol. The Labute approximate surface area is 158 Å². The van der Waals surface area contributed by atoms with Gasteiger partial charge in [0, 0.05) is 24.7 Å². The summed E-state index contributed by atoms with van der Waals surface area (Å²) in [7, 11) is 0. The molecule has 1 saturated carbocycles. The molecule has 2 amide bonds. The number of anilines is 1. The van der Waals surface area contributed by atoms with Gasteiger partial charge in [-0.3, -0.25) is 14.4 Å². The van der Waals surface area contributed by atoms with Crippen molar-refractivity contribution in [3.63, 3.8) is 0 Å². The third kappa shape index (κ3) is 4.45. The van der Waals surface area contributed by atoms with Crippen molar-refractivity contribution >= 4 is 23.5 Å². The molecule has 142 valence electrons. The molecule has 0 unspecified atom stereocenters. The minimum atomic E-state index is -0.969. The predicted molar refractivity (Wildman–Crippen MR) is 97.4 cm³/mol. The lowest BCUT2D eigenvalue weighted by Gasteiger charge is -2.24. The molecule has 27 heavy (non-hydrogen) atoms. The number of esters is 1. The highest BCUT2D eigenvalue weighted by atomic mass is 16.5. The highest BCUT2D eigenvalue weighted by molar-refractivity contribution is 5.95. The molecule has 2 atom stereocenters. The van der Waals surface area contributed by atoms with Crippen molar-refractivity contribution in [3.8, 4) is 6.07 Å². The van der Waals surface area contributed by atoms with Crippen molar-refractivity contribution in [1.29, 1.82) is 5.26 Å². The Morgan fingerprint density at radius 3 is 2.56 bits per heavy atom. The number of carbonyl (C=O) groups is 3. The first-order valence-corrected chi connectivity index (χ1v) is 9.29. The Kier molecular flexibility index (Phi) is 5.75. The smallest absolute Gasteiger partial charge is 0.312 e. The minimum Gasteiger partial charge on any atom is -0.452 e. The SMILES string of the molecule is C[C@@H](OC(=O)[C@H]1CC(=O)N(C2CCCC2)C1)C(=O)Nc1ccc(C#N)cc1. The molecule has 7 heteroatoms. The predicted octanol–water partition coefficient (Wildman–Crippen LogP) is 2.22. The molecule has 0 spiro atoms. The van der Waals surface area contributed by atoms with Gasteiger partial charge < -0.3 is 15.0 Å². The Balaban J connectivity index is 1.51. The van der Waals surface area contributed by atoms with Crippen molar-refractivity contribution < 1.29 is 19.1 Å². The van der Waals surface area contributed by atoms with Gasteiger partial charge in [-0.2, -0.15) is 5.26 Å². The summed E-state index contributed by atoms with van der Waals surface area (Å²) in [6.45, 7) is 1.88. The first-order valence-electron chi connectivity index (χ1n) is 9.29. The number of hydrogen-bond donors (Lipinski definition) is 1. The van der Waals surface area contributed by atoms with Gasteiger partial charge in [0.25, 0.3) is 5.91 Å². The zero-order valence-corrected chi connectivity index (χ0v) is 15.3. The van der Waals surface area contributed by atoms with E-state index >= 15 is 0 Å². The summed E-state index contributed by atoms with van der Waals surface area (Å²) in [6.07, 6.45) is 3.42. The molecule has 1 aromatic carbocycles. The van der Waals surface area contributed by atoms with Crippen LogP contribution in [0.3, 0.4) is 0 Å². The number of amides is 2. The van der Waals surface area contributed by atoms with Crippen molar-refractivity contribution in [3.05, 3.63) is 29.8 Å².